The number of benzene rings is 3. The third-order valence-corrected chi connectivity index (χ3v) is 5.43. The van der Waals surface area contributed by atoms with Gasteiger partial charge in [0.05, 0.1) is 18.2 Å². The number of carbonyl (C=O) groups is 2. The zero-order valence-electron chi connectivity index (χ0n) is 16.4. The van der Waals surface area contributed by atoms with E-state index >= 15 is 0 Å². The van der Waals surface area contributed by atoms with Gasteiger partial charge in [0.15, 0.2) is 0 Å². The summed E-state index contributed by atoms with van der Waals surface area (Å²) in [5.74, 6) is -2.33. The molecule has 3 aromatic rings. The zero-order valence-corrected chi connectivity index (χ0v) is 16.4. The van der Waals surface area contributed by atoms with Crippen LogP contribution in [0.4, 0.5) is 13.2 Å². The Kier molecular flexibility index (Phi) is 5.27. The van der Waals surface area contributed by atoms with Gasteiger partial charge in [-0.25, -0.2) is 4.79 Å². The van der Waals surface area contributed by atoms with E-state index in [-0.39, 0.29) is 0 Å². The average Bonchev–Trinajstić information content (AvgIpc) is 3.10. The van der Waals surface area contributed by atoms with Crippen LogP contribution in [0.5, 0.6) is 0 Å². The average molecular weight is 425 g/mol. The molecule has 4 nitrogen and oxygen atoms in total. The van der Waals surface area contributed by atoms with Crippen LogP contribution in [0.1, 0.15) is 33.0 Å². The van der Waals surface area contributed by atoms with Crippen molar-refractivity contribution in [3.05, 3.63) is 95.1 Å². The Balaban J connectivity index is 1.77. The van der Waals surface area contributed by atoms with Crippen molar-refractivity contribution >= 4 is 11.9 Å². The summed E-state index contributed by atoms with van der Waals surface area (Å²) >= 11 is 0. The fourth-order valence-corrected chi connectivity index (χ4v) is 4.11. The van der Waals surface area contributed by atoms with Crippen molar-refractivity contribution in [2.45, 2.75) is 18.1 Å². The second-order valence-corrected chi connectivity index (χ2v) is 7.17. The van der Waals surface area contributed by atoms with Crippen LogP contribution in [0, 0.1) is 0 Å². The minimum Gasteiger partial charge on any atom is -0.467 e. The molecule has 1 aliphatic carbocycles. The predicted octanol–water partition coefficient (Wildman–Crippen LogP) is 4.79. The first-order valence-corrected chi connectivity index (χ1v) is 9.56. The fraction of sp³-hybridized carbons (Fsp3) is 0.167. The van der Waals surface area contributed by atoms with Crippen molar-refractivity contribution in [2.24, 2.45) is 0 Å². The number of nitrogens with one attached hydrogen (secondary N) is 1. The van der Waals surface area contributed by atoms with Crippen LogP contribution in [-0.2, 0) is 15.7 Å². The first-order chi connectivity index (χ1) is 14.8. The van der Waals surface area contributed by atoms with Gasteiger partial charge in [-0.2, -0.15) is 13.2 Å². The molecule has 0 aromatic heterocycles. The summed E-state index contributed by atoms with van der Waals surface area (Å²) in [5.41, 5.74) is 1.78. The number of amides is 1. The largest absolute Gasteiger partial charge is 0.467 e. The molecule has 1 amide bonds. The molecule has 158 valence electrons. The fourth-order valence-electron chi connectivity index (χ4n) is 4.11. The molecule has 3 aromatic carbocycles. The maximum absolute atomic E-state index is 13.4. The van der Waals surface area contributed by atoms with E-state index in [0.717, 1.165) is 34.4 Å². The molecule has 1 atom stereocenters. The molecular formula is C24H18F3NO3. The number of halogens is 3. The van der Waals surface area contributed by atoms with E-state index in [4.69, 9.17) is 4.74 Å². The number of esters is 1. The van der Waals surface area contributed by atoms with E-state index in [0.29, 0.717) is 0 Å². The highest BCUT2D eigenvalue weighted by Gasteiger charge is 2.41. The molecule has 0 saturated carbocycles. The third kappa shape index (κ3) is 3.67. The SMILES string of the molecule is COC(=O)[C@@H](NC(=O)c1ccccc1C(F)(F)F)C1c2ccccc2-c2ccccc21. The van der Waals surface area contributed by atoms with Crippen molar-refractivity contribution in [2.75, 3.05) is 7.11 Å². The van der Waals surface area contributed by atoms with Gasteiger partial charge in [0.25, 0.3) is 5.91 Å². The molecule has 1 aliphatic rings. The summed E-state index contributed by atoms with van der Waals surface area (Å²) in [6, 6.07) is 18.1. The molecule has 0 aliphatic heterocycles. The van der Waals surface area contributed by atoms with Crippen LogP contribution in [0.2, 0.25) is 0 Å². The van der Waals surface area contributed by atoms with Gasteiger partial charge >= 0.3 is 12.1 Å². The van der Waals surface area contributed by atoms with Gasteiger partial charge < -0.3 is 10.1 Å². The van der Waals surface area contributed by atoms with Crippen LogP contribution in [0.3, 0.4) is 0 Å². The van der Waals surface area contributed by atoms with Crippen LogP contribution < -0.4 is 5.32 Å². The molecule has 1 N–H and O–H groups in total. The molecule has 0 unspecified atom stereocenters. The number of fused-ring (bicyclic) bond motifs is 3. The topological polar surface area (TPSA) is 55.4 Å². The minimum atomic E-state index is -4.71. The van der Waals surface area contributed by atoms with E-state index in [2.05, 4.69) is 5.32 Å². The monoisotopic (exact) mass is 425 g/mol. The van der Waals surface area contributed by atoms with E-state index in [1.54, 1.807) is 0 Å². The van der Waals surface area contributed by atoms with Crippen molar-refractivity contribution in [3.63, 3.8) is 0 Å². The Labute approximate surface area is 176 Å². The number of methoxy groups -OCH3 is 1. The van der Waals surface area contributed by atoms with Crippen molar-refractivity contribution < 1.29 is 27.5 Å². The maximum atomic E-state index is 13.4. The molecule has 0 saturated heterocycles. The summed E-state index contributed by atoms with van der Waals surface area (Å²) < 4.78 is 45.1. The number of alkyl halides is 3. The van der Waals surface area contributed by atoms with E-state index in [1.165, 1.54) is 19.2 Å². The lowest BCUT2D eigenvalue weighted by Gasteiger charge is -2.25. The van der Waals surface area contributed by atoms with Crippen LogP contribution in [0.25, 0.3) is 11.1 Å². The second kappa shape index (κ2) is 7.91. The minimum absolute atomic E-state index is 0.552. The smallest absolute Gasteiger partial charge is 0.417 e. The van der Waals surface area contributed by atoms with E-state index < -0.39 is 41.1 Å². The van der Waals surface area contributed by atoms with Gasteiger partial charge in [0.2, 0.25) is 0 Å². The molecule has 0 heterocycles. The molecule has 4 rings (SSSR count). The summed E-state index contributed by atoms with van der Waals surface area (Å²) in [7, 11) is 1.18. The summed E-state index contributed by atoms with van der Waals surface area (Å²) in [6.07, 6.45) is -4.71. The Morgan fingerprint density at radius 2 is 1.39 bits per heavy atom. The quantitative estimate of drug-likeness (QED) is 0.612. The number of carbonyl (C=O) groups excluding carboxylic acids is 2. The van der Waals surface area contributed by atoms with Crippen LogP contribution in [0.15, 0.2) is 72.8 Å². The molecule has 0 fully saturated rings. The summed E-state index contributed by atoms with van der Waals surface area (Å²) in [5, 5.41) is 2.51. The third-order valence-electron chi connectivity index (χ3n) is 5.43. The second-order valence-electron chi connectivity index (χ2n) is 7.17. The first kappa shape index (κ1) is 20.7. The van der Waals surface area contributed by atoms with Gasteiger partial charge in [-0.3, -0.25) is 4.79 Å². The zero-order chi connectivity index (χ0) is 22.2. The highest BCUT2D eigenvalue weighted by atomic mass is 19.4. The van der Waals surface area contributed by atoms with Crippen molar-refractivity contribution in [1.82, 2.24) is 5.32 Å². The Hall–Kier alpha value is -3.61. The first-order valence-electron chi connectivity index (χ1n) is 9.56. The van der Waals surface area contributed by atoms with E-state index in [9.17, 15) is 22.8 Å². The lowest BCUT2D eigenvalue weighted by molar-refractivity contribution is -0.143. The Morgan fingerprint density at radius 3 is 1.94 bits per heavy atom. The highest BCUT2D eigenvalue weighted by molar-refractivity contribution is 5.99. The molecule has 0 spiro atoms. The number of hydrogen-bond donors (Lipinski definition) is 1. The van der Waals surface area contributed by atoms with Crippen molar-refractivity contribution in [1.29, 1.82) is 0 Å². The van der Waals surface area contributed by atoms with Gasteiger partial charge in [-0.15, -0.1) is 0 Å². The lowest BCUT2D eigenvalue weighted by atomic mass is 9.89. The summed E-state index contributed by atoms with van der Waals surface area (Å²) in [6.45, 7) is 0. The number of ether oxygens (including phenoxy) is 1. The normalized spacial score (nSPS) is 13.8. The van der Waals surface area contributed by atoms with Gasteiger partial charge in [-0.1, -0.05) is 60.7 Å². The molecule has 0 radical (unpaired) electrons. The van der Waals surface area contributed by atoms with Crippen molar-refractivity contribution in [3.8, 4) is 11.1 Å². The Morgan fingerprint density at radius 1 is 0.871 bits per heavy atom. The molecule has 7 heteroatoms. The lowest BCUT2D eigenvalue weighted by Crippen LogP contribution is -2.46. The highest BCUT2D eigenvalue weighted by Crippen LogP contribution is 2.46. The van der Waals surface area contributed by atoms with Gasteiger partial charge in [-0.05, 0) is 34.4 Å². The molecular weight excluding hydrogens is 407 g/mol. The van der Waals surface area contributed by atoms with Crippen LogP contribution in [-0.4, -0.2) is 25.0 Å². The van der Waals surface area contributed by atoms with Crippen LogP contribution >= 0.6 is 0 Å². The molecule has 31 heavy (non-hydrogen) atoms. The molecule has 0 bridgehead atoms. The predicted molar refractivity (Wildman–Crippen MR) is 108 cm³/mol. The standard InChI is InChI=1S/C24H18F3NO3/c1-31-23(30)21(28-22(29)18-12-6-7-13-19(18)24(25,26)27)20-16-10-4-2-8-14(16)15-9-3-5-11-17(15)20/h2-13,20-21H,1H3,(H,28,29)/t21-/m0/s1. The summed E-state index contributed by atoms with van der Waals surface area (Å²) in [4.78, 5) is 25.6. The maximum Gasteiger partial charge on any atom is 0.417 e. The Bertz CT molecular complexity index is 1110. The number of hydrogen-bond acceptors (Lipinski definition) is 3. The van der Waals surface area contributed by atoms with Gasteiger partial charge in [0.1, 0.15) is 6.04 Å². The van der Waals surface area contributed by atoms with E-state index in [1.807, 2.05) is 48.5 Å². The van der Waals surface area contributed by atoms with Gasteiger partial charge in [0, 0.05) is 5.92 Å². The number of rotatable bonds is 4.